The number of nitrogens with zero attached hydrogens (tertiary/aromatic N) is 1. The Morgan fingerprint density at radius 3 is 3.00 bits per heavy atom. The predicted octanol–water partition coefficient (Wildman–Crippen LogP) is 0.370. The van der Waals surface area contributed by atoms with Gasteiger partial charge < -0.3 is 15.8 Å². The van der Waals surface area contributed by atoms with Crippen LogP contribution < -0.4 is 11.1 Å². The third kappa shape index (κ3) is 4.93. The normalized spacial score (nSPS) is 12.2. The number of amides is 1. The third-order valence-electron chi connectivity index (χ3n) is 2.36. The molecule has 1 rings (SSSR count). The summed E-state index contributed by atoms with van der Waals surface area (Å²) in [4.78, 5) is 15.9. The van der Waals surface area contributed by atoms with Gasteiger partial charge in [-0.15, -0.1) is 0 Å². The van der Waals surface area contributed by atoms with Crippen molar-refractivity contribution in [1.29, 1.82) is 0 Å². The van der Waals surface area contributed by atoms with Crippen LogP contribution in [0, 0.1) is 6.92 Å². The second-order valence-electron chi connectivity index (χ2n) is 3.88. The summed E-state index contributed by atoms with van der Waals surface area (Å²) < 4.78 is 4.87. The van der Waals surface area contributed by atoms with E-state index in [-0.39, 0.29) is 5.91 Å². The minimum absolute atomic E-state index is 0.176. The predicted molar refractivity (Wildman–Crippen MR) is 65.3 cm³/mol. The monoisotopic (exact) mass is 237 g/mol. The quantitative estimate of drug-likeness (QED) is 0.749. The molecule has 17 heavy (non-hydrogen) atoms. The maximum absolute atomic E-state index is 11.6. The molecule has 1 unspecified atom stereocenters. The summed E-state index contributed by atoms with van der Waals surface area (Å²) in [6.45, 7) is 2.80. The standard InChI is InChI=1S/C12H19N3O2/c1-9-4-3-5-10(15-9)8-14-12(16)11(13)6-7-17-2/h3-5,11H,6-8,13H2,1-2H3,(H,14,16). The minimum atomic E-state index is -0.528. The SMILES string of the molecule is COCCC(N)C(=O)NCc1cccc(C)n1. The molecule has 0 aromatic carbocycles. The highest BCUT2D eigenvalue weighted by Crippen LogP contribution is 1.98. The van der Waals surface area contributed by atoms with Gasteiger partial charge in [-0.2, -0.15) is 0 Å². The molecule has 0 radical (unpaired) electrons. The number of ether oxygens (including phenoxy) is 1. The number of aryl methyl sites for hydroxylation is 1. The van der Waals surface area contributed by atoms with Crippen LogP contribution >= 0.6 is 0 Å². The van der Waals surface area contributed by atoms with Gasteiger partial charge in [0.2, 0.25) is 5.91 Å². The molecule has 0 aliphatic heterocycles. The molecule has 1 amide bonds. The lowest BCUT2D eigenvalue weighted by Gasteiger charge is -2.11. The van der Waals surface area contributed by atoms with Gasteiger partial charge in [-0.3, -0.25) is 9.78 Å². The van der Waals surface area contributed by atoms with Gasteiger partial charge in [0.25, 0.3) is 0 Å². The topological polar surface area (TPSA) is 77.2 Å². The Morgan fingerprint density at radius 1 is 1.59 bits per heavy atom. The zero-order valence-corrected chi connectivity index (χ0v) is 10.3. The van der Waals surface area contributed by atoms with E-state index in [1.165, 1.54) is 0 Å². The largest absolute Gasteiger partial charge is 0.385 e. The minimum Gasteiger partial charge on any atom is -0.385 e. The first-order chi connectivity index (χ1) is 8.13. The lowest BCUT2D eigenvalue weighted by Crippen LogP contribution is -2.41. The van der Waals surface area contributed by atoms with E-state index in [1.807, 2.05) is 25.1 Å². The molecule has 5 heteroatoms. The summed E-state index contributed by atoms with van der Waals surface area (Å²) >= 11 is 0. The van der Waals surface area contributed by atoms with E-state index in [0.29, 0.717) is 19.6 Å². The van der Waals surface area contributed by atoms with Crippen molar-refractivity contribution in [2.45, 2.75) is 25.9 Å². The Labute approximate surface area is 101 Å². The smallest absolute Gasteiger partial charge is 0.237 e. The number of carbonyl (C=O) groups is 1. The van der Waals surface area contributed by atoms with Gasteiger partial charge in [0.1, 0.15) is 0 Å². The molecule has 0 spiro atoms. The van der Waals surface area contributed by atoms with Gasteiger partial charge in [0, 0.05) is 19.4 Å². The number of hydrogen-bond donors (Lipinski definition) is 2. The van der Waals surface area contributed by atoms with Crippen molar-refractivity contribution in [3.8, 4) is 0 Å². The highest BCUT2D eigenvalue weighted by molar-refractivity contribution is 5.81. The van der Waals surface area contributed by atoms with Crippen molar-refractivity contribution >= 4 is 5.91 Å². The first-order valence-electron chi connectivity index (χ1n) is 5.58. The van der Waals surface area contributed by atoms with E-state index in [4.69, 9.17) is 10.5 Å². The number of hydrogen-bond acceptors (Lipinski definition) is 4. The van der Waals surface area contributed by atoms with Crippen LogP contribution in [0.1, 0.15) is 17.8 Å². The van der Waals surface area contributed by atoms with Crippen LogP contribution in [0.2, 0.25) is 0 Å². The third-order valence-corrected chi connectivity index (χ3v) is 2.36. The van der Waals surface area contributed by atoms with E-state index >= 15 is 0 Å². The lowest BCUT2D eigenvalue weighted by atomic mass is 10.2. The molecule has 0 fully saturated rings. The molecule has 1 aromatic heterocycles. The maximum atomic E-state index is 11.6. The molecule has 1 heterocycles. The molecule has 0 aliphatic rings. The summed E-state index contributed by atoms with van der Waals surface area (Å²) in [6.07, 6.45) is 0.517. The maximum Gasteiger partial charge on any atom is 0.237 e. The van der Waals surface area contributed by atoms with Gasteiger partial charge in [0.15, 0.2) is 0 Å². The van der Waals surface area contributed by atoms with Crippen LogP contribution in [0.4, 0.5) is 0 Å². The van der Waals surface area contributed by atoms with Gasteiger partial charge in [-0.25, -0.2) is 0 Å². The van der Waals surface area contributed by atoms with E-state index in [2.05, 4.69) is 10.3 Å². The molecule has 1 aromatic rings. The van der Waals surface area contributed by atoms with Gasteiger partial charge in [0.05, 0.1) is 18.3 Å². The summed E-state index contributed by atoms with van der Waals surface area (Å²) in [5, 5.41) is 2.75. The van der Waals surface area contributed by atoms with Crippen LogP contribution in [0.15, 0.2) is 18.2 Å². The van der Waals surface area contributed by atoms with Crippen molar-refractivity contribution in [1.82, 2.24) is 10.3 Å². The van der Waals surface area contributed by atoms with Crippen LogP contribution in [-0.4, -0.2) is 30.6 Å². The average molecular weight is 237 g/mol. The number of methoxy groups -OCH3 is 1. The highest BCUT2D eigenvalue weighted by Gasteiger charge is 2.12. The molecule has 94 valence electrons. The Bertz CT molecular complexity index is 369. The molecule has 0 bridgehead atoms. The molecule has 3 N–H and O–H groups in total. The van der Waals surface area contributed by atoms with Crippen molar-refractivity contribution in [2.24, 2.45) is 5.73 Å². The molecular formula is C12H19N3O2. The van der Waals surface area contributed by atoms with Crippen molar-refractivity contribution in [3.05, 3.63) is 29.6 Å². The second kappa shape index (κ2) is 6.98. The molecule has 1 atom stereocenters. The molecule has 0 saturated heterocycles. The fourth-order valence-corrected chi connectivity index (χ4v) is 1.38. The van der Waals surface area contributed by atoms with E-state index < -0.39 is 6.04 Å². The first-order valence-corrected chi connectivity index (χ1v) is 5.58. The Kier molecular flexibility index (Phi) is 5.59. The summed E-state index contributed by atoms with van der Waals surface area (Å²) in [5.41, 5.74) is 7.45. The zero-order chi connectivity index (χ0) is 12.7. The number of aromatic nitrogens is 1. The number of rotatable bonds is 6. The van der Waals surface area contributed by atoms with E-state index in [1.54, 1.807) is 7.11 Å². The fourth-order valence-electron chi connectivity index (χ4n) is 1.38. The van der Waals surface area contributed by atoms with Crippen molar-refractivity contribution in [3.63, 3.8) is 0 Å². The number of nitrogens with two attached hydrogens (primary N) is 1. The zero-order valence-electron chi connectivity index (χ0n) is 10.3. The molecule has 0 aliphatic carbocycles. The van der Waals surface area contributed by atoms with Crippen LogP contribution in [0.5, 0.6) is 0 Å². The van der Waals surface area contributed by atoms with Crippen LogP contribution in [0.3, 0.4) is 0 Å². The van der Waals surface area contributed by atoms with Crippen molar-refractivity contribution < 1.29 is 9.53 Å². The molecule has 5 nitrogen and oxygen atoms in total. The van der Waals surface area contributed by atoms with Crippen LogP contribution in [-0.2, 0) is 16.1 Å². The second-order valence-corrected chi connectivity index (χ2v) is 3.88. The lowest BCUT2D eigenvalue weighted by molar-refractivity contribution is -0.122. The number of nitrogens with one attached hydrogen (secondary N) is 1. The summed E-state index contributed by atoms with van der Waals surface area (Å²) in [7, 11) is 1.58. The van der Waals surface area contributed by atoms with Gasteiger partial charge in [-0.1, -0.05) is 6.07 Å². The first kappa shape index (κ1) is 13.6. The summed E-state index contributed by atoms with van der Waals surface area (Å²) in [5.74, 6) is -0.176. The Morgan fingerprint density at radius 2 is 2.35 bits per heavy atom. The molecule has 0 saturated carbocycles. The molecular weight excluding hydrogens is 218 g/mol. The van der Waals surface area contributed by atoms with Crippen molar-refractivity contribution in [2.75, 3.05) is 13.7 Å². The van der Waals surface area contributed by atoms with Crippen LogP contribution in [0.25, 0.3) is 0 Å². The highest BCUT2D eigenvalue weighted by atomic mass is 16.5. The Balaban J connectivity index is 2.37. The van der Waals surface area contributed by atoms with Gasteiger partial charge >= 0.3 is 0 Å². The van der Waals surface area contributed by atoms with E-state index in [0.717, 1.165) is 11.4 Å². The average Bonchev–Trinajstić information content (AvgIpc) is 2.33. The van der Waals surface area contributed by atoms with E-state index in [9.17, 15) is 4.79 Å². The Hall–Kier alpha value is -1.46. The number of carbonyl (C=O) groups excluding carboxylic acids is 1. The van der Waals surface area contributed by atoms with Gasteiger partial charge in [-0.05, 0) is 25.5 Å². The number of pyridine rings is 1. The summed E-state index contributed by atoms with van der Waals surface area (Å²) in [6, 6.07) is 5.16. The fraction of sp³-hybridized carbons (Fsp3) is 0.500.